The molecule has 0 aliphatic rings. The largest absolute Gasteiger partial charge is 0.459 e. The van der Waals surface area contributed by atoms with Gasteiger partial charge in [-0.15, -0.1) is 0 Å². The number of amides is 1. The minimum absolute atomic E-state index is 0.270. The van der Waals surface area contributed by atoms with E-state index in [0.29, 0.717) is 18.1 Å². The summed E-state index contributed by atoms with van der Waals surface area (Å²) in [7, 11) is 0. The van der Waals surface area contributed by atoms with Gasteiger partial charge in [0.15, 0.2) is 11.6 Å². The van der Waals surface area contributed by atoms with Gasteiger partial charge in [-0.2, -0.15) is 5.10 Å². The number of hydrogen-bond donors (Lipinski definition) is 1. The van der Waals surface area contributed by atoms with Crippen LogP contribution in [0.25, 0.3) is 16.9 Å². The lowest BCUT2D eigenvalue weighted by molar-refractivity contribution is 0.0924. The Hall–Kier alpha value is -3.74. The lowest BCUT2D eigenvalue weighted by Gasteiger charge is -2.07. The van der Waals surface area contributed by atoms with Crippen molar-refractivity contribution in [3.8, 4) is 16.9 Å². The molecule has 26 heavy (non-hydrogen) atoms. The number of furan rings is 1. The third-order valence-electron chi connectivity index (χ3n) is 3.87. The van der Waals surface area contributed by atoms with Crippen LogP contribution in [0, 0.1) is 0 Å². The van der Waals surface area contributed by atoms with Crippen molar-refractivity contribution < 1.29 is 9.21 Å². The van der Waals surface area contributed by atoms with Crippen molar-refractivity contribution in [2.45, 2.75) is 6.54 Å². The molecule has 0 saturated heterocycles. The zero-order valence-electron chi connectivity index (χ0n) is 13.7. The van der Waals surface area contributed by atoms with Gasteiger partial charge in [-0.1, -0.05) is 30.3 Å². The van der Waals surface area contributed by atoms with Crippen molar-refractivity contribution in [2.24, 2.45) is 0 Å². The molecule has 4 aromatic rings. The van der Waals surface area contributed by atoms with Crippen LogP contribution in [-0.2, 0) is 6.54 Å². The van der Waals surface area contributed by atoms with Crippen molar-refractivity contribution in [3.05, 3.63) is 85.0 Å². The number of rotatable bonds is 5. The highest BCUT2D eigenvalue weighted by Crippen LogP contribution is 2.24. The van der Waals surface area contributed by atoms with Gasteiger partial charge < -0.3 is 9.73 Å². The molecule has 0 unspecified atom stereocenters. The Balaban J connectivity index is 1.49. The molecule has 7 heteroatoms. The number of aromatic nitrogens is 4. The van der Waals surface area contributed by atoms with E-state index >= 15 is 0 Å². The molecule has 1 aromatic carbocycles. The summed E-state index contributed by atoms with van der Waals surface area (Å²) >= 11 is 0. The molecule has 3 aromatic heterocycles. The Bertz CT molecular complexity index is 1010. The summed E-state index contributed by atoms with van der Waals surface area (Å²) < 4.78 is 6.97. The number of carbonyl (C=O) groups excluding carboxylic acids is 1. The molecule has 0 fully saturated rings. The van der Waals surface area contributed by atoms with E-state index < -0.39 is 0 Å². The van der Waals surface area contributed by atoms with Gasteiger partial charge in [-0.3, -0.25) is 4.79 Å². The van der Waals surface area contributed by atoms with Crippen molar-refractivity contribution in [1.29, 1.82) is 0 Å². The highest BCUT2D eigenvalue weighted by atomic mass is 16.3. The predicted octanol–water partition coefficient (Wildman–Crippen LogP) is 2.85. The molecule has 4 rings (SSSR count). The van der Waals surface area contributed by atoms with Crippen LogP contribution in [0.4, 0.5) is 0 Å². The summed E-state index contributed by atoms with van der Waals surface area (Å²) in [5.41, 5.74) is 2.59. The zero-order chi connectivity index (χ0) is 17.8. The first-order chi connectivity index (χ1) is 12.8. The molecule has 128 valence electrons. The molecule has 0 spiro atoms. The van der Waals surface area contributed by atoms with Crippen LogP contribution in [0.1, 0.15) is 16.1 Å². The summed E-state index contributed by atoms with van der Waals surface area (Å²) in [5, 5.41) is 6.93. The van der Waals surface area contributed by atoms with E-state index in [4.69, 9.17) is 4.42 Å². The first-order valence-electron chi connectivity index (χ1n) is 8.02. The Morgan fingerprint density at radius 2 is 2.04 bits per heavy atom. The average molecular weight is 345 g/mol. The quantitative estimate of drug-likeness (QED) is 0.601. The van der Waals surface area contributed by atoms with Crippen molar-refractivity contribution in [2.75, 3.05) is 0 Å². The summed E-state index contributed by atoms with van der Waals surface area (Å²) in [4.78, 5) is 20.7. The van der Waals surface area contributed by atoms with Gasteiger partial charge >= 0.3 is 0 Å². The fraction of sp³-hybridized carbons (Fsp3) is 0.0526. The third kappa shape index (κ3) is 3.23. The van der Waals surface area contributed by atoms with E-state index in [1.807, 2.05) is 42.5 Å². The van der Waals surface area contributed by atoms with E-state index in [2.05, 4.69) is 20.4 Å². The molecule has 1 amide bonds. The highest BCUT2D eigenvalue weighted by Gasteiger charge is 2.16. The maximum absolute atomic E-state index is 12.5. The van der Waals surface area contributed by atoms with Crippen molar-refractivity contribution >= 4 is 5.91 Å². The van der Waals surface area contributed by atoms with E-state index in [9.17, 15) is 4.79 Å². The zero-order valence-corrected chi connectivity index (χ0v) is 13.7. The SMILES string of the molecule is O=C(NCc1ccnc(-n2cncn2)c1)c1occc1-c1ccccc1. The first-order valence-corrected chi connectivity index (χ1v) is 8.02. The second-order valence-electron chi connectivity index (χ2n) is 5.57. The van der Waals surface area contributed by atoms with Gasteiger partial charge in [0.25, 0.3) is 5.91 Å². The van der Waals surface area contributed by atoms with Crippen LogP contribution in [0.15, 0.2) is 78.1 Å². The molecule has 3 heterocycles. The second kappa shape index (κ2) is 7.02. The molecule has 0 saturated carbocycles. The van der Waals surface area contributed by atoms with Crippen LogP contribution in [-0.4, -0.2) is 25.7 Å². The maximum atomic E-state index is 12.5. The Kier molecular flexibility index (Phi) is 4.26. The smallest absolute Gasteiger partial charge is 0.287 e. The third-order valence-corrected chi connectivity index (χ3v) is 3.87. The minimum Gasteiger partial charge on any atom is -0.459 e. The summed E-state index contributed by atoms with van der Waals surface area (Å²) in [6.45, 7) is 0.345. The average Bonchev–Trinajstić information content (AvgIpc) is 3.39. The lowest BCUT2D eigenvalue weighted by atomic mass is 10.1. The molecule has 1 N–H and O–H groups in total. The fourth-order valence-electron chi connectivity index (χ4n) is 2.62. The van der Waals surface area contributed by atoms with Gasteiger partial charge in [0.1, 0.15) is 12.7 Å². The van der Waals surface area contributed by atoms with Crippen LogP contribution in [0.2, 0.25) is 0 Å². The van der Waals surface area contributed by atoms with Gasteiger partial charge in [0.05, 0.1) is 6.26 Å². The molecular formula is C19H15N5O2. The topological polar surface area (TPSA) is 85.8 Å². The summed E-state index contributed by atoms with van der Waals surface area (Å²) in [5.74, 6) is 0.659. The van der Waals surface area contributed by atoms with E-state index in [0.717, 1.165) is 16.7 Å². The number of carbonyl (C=O) groups is 1. The van der Waals surface area contributed by atoms with Crippen molar-refractivity contribution in [1.82, 2.24) is 25.1 Å². The van der Waals surface area contributed by atoms with Crippen LogP contribution in [0.5, 0.6) is 0 Å². The molecule has 0 atom stereocenters. The van der Waals surface area contributed by atoms with Crippen molar-refractivity contribution in [3.63, 3.8) is 0 Å². The number of pyridine rings is 1. The number of nitrogens with one attached hydrogen (secondary N) is 1. The van der Waals surface area contributed by atoms with Gasteiger partial charge in [0.2, 0.25) is 0 Å². The van der Waals surface area contributed by atoms with Crippen LogP contribution < -0.4 is 5.32 Å². The number of nitrogens with zero attached hydrogens (tertiary/aromatic N) is 4. The highest BCUT2D eigenvalue weighted by molar-refractivity contribution is 5.98. The Morgan fingerprint density at radius 1 is 1.15 bits per heavy atom. The molecule has 0 radical (unpaired) electrons. The minimum atomic E-state index is -0.270. The molecular weight excluding hydrogens is 330 g/mol. The Labute approximate surface area is 149 Å². The lowest BCUT2D eigenvalue weighted by Crippen LogP contribution is -2.23. The second-order valence-corrected chi connectivity index (χ2v) is 5.57. The monoisotopic (exact) mass is 345 g/mol. The summed E-state index contributed by atoms with van der Waals surface area (Å²) in [6.07, 6.45) is 6.20. The van der Waals surface area contributed by atoms with Crippen LogP contribution >= 0.6 is 0 Å². The van der Waals surface area contributed by atoms with Crippen LogP contribution in [0.3, 0.4) is 0 Å². The normalized spacial score (nSPS) is 10.6. The van der Waals surface area contributed by atoms with E-state index in [1.54, 1.807) is 23.3 Å². The molecule has 7 nitrogen and oxygen atoms in total. The standard InChI is InChI=1S/C19H15N5O2/c25-19(18-16(7-9-26-18)15-4-2-1-3-5-15)22-11-14-6-8-21-17(10-14)24-13-20-12-23-24/h1-10,12-13H,11H2,(H,22,25). The summed E-state index contributed by atoms with van der Waals surface area (Å²) in [6, 6.07) is 15.1. The number of hydrogen-bond acceptors (Lipinski definition) is 5. The molecule has 0 bridgehead atoms. The maximum Gasteiger partial charge on any atom is 0.287 e. The first kappa shape index (κ1) is 15.8. The molecule has 0 aliphatic carbocycles. The van der Waals surface area contributed by atoms with Gasteiger partial charge in [-0.25, -0.2) is 14.6 Å². The van der Waals surface area contributed by atoms with E-state index in [-0.39, 0.29) is 5.91 Å². The Morgan fingerprint density at radius 3 is 2.85 bits per heavy atom. The predicted molar refractivity (Wildman–Crippen MR) is 94.5 cm³/mol. The fourth-order valence-corrected chi connectivity index (χ4v) is 2.62. The number of benzene rings is 1. The molecule has 0 aliphatic heterocycles. The van der Waals surface area contributed by atoms with E-state index in [1.165, 1.54) is 12.6 Å². The van der Waals surface area contributed by atoms with Gasteiger partial charge in [-0.05, 0) is 29.3 Å². The van der Waals surface area contributed by atoms with Gasteiger partial charge in [0, 0.05) is 18.3 Å².